The Hall–Kier alpha value is -0.130. The Balaban J connectivity index is 1.62. The molecular formula is C11H22N2O2S. The van der Waals surface area contributed by atoms with Crippen molar-refractivity contribution >= 4 is 10.0 Å². The van der Waals surface area contributed by atoms with Crippen molar-refractivity contribution in [1.29, 1.82) is 0 Å². The summed E-state index contributed by atoms with van der Waals surface area (Å²) in [5.74, 6) is 1.43. The summed E-state index contributed by atoms with van der Waals surface area (Å²) < 4.78 is 25.9. The fraction of sp³-hybridized carbons (Fsp3) is 1.00. The van der Waals surface area contributed by atoms with Crippen LogP contribution >= 0.6 is 0 Å². The molecule has 1 aliphatic heterocycles. The van der Waals surface area contributed by atoms with Crippen LogP contribution in [0.15, 0.2) is 0 Å². The first-order valence-electron chi connectivity index (χ1n) is 6.34. The Morgan fingerprint density at radius 3 is 2.62 bits per heavy atom. The predicted molar refractivity (Wildman–Crippen MR) is 64.7 cm³/mol. The summed E-state index contributed by atoms with van der Waals surface area (Å²) >= 11 is 0. The highest BCUT2D eigenvalue weighted by molar-refractivity contribution is 7.89. The minimum Gasteiger partial charge on any atom is -0.316 e. The third kappa shape index (κ3) is 4.39. The van der Waals surface area contributed by atoms with Gasteiger partial charge >= 0.3 is 0 Å². The molecule has 5 heteroatoms. The highest BCUT2D eigenvalue weighted by atomic mass is 32.2. The van der Waals surface area contributed by atoms with Crippen molar-refractivity contribution in [2.75, 3.05) is 25.4 Å². The lowest BCUT2D eigenvalue weighted by molar-refractivity contribution is 0.358. The van der Waals surface area contributed by atoms with E-state index in [1.54, 1.807) is 0 Å². The summed E-state index contributed by atoms with van der Waals surface area (Å²) in [7, 11) is -2.99. The Kier molecular flexibility index (Phi) is 4.21. The molecule has 1 saturated carbocycles. The average Bonchev–Trinajstić information content (AvgIpc) is 3.02. The van der Waals surface area contributed by atoms with Crippen LogP contribution in [0.5, 0.6) is 0 Å². The topological polar surface area (TPSA) is 58.2 Å². The molecule has 4 nitrogen and oxygen atoms in total. The number of hydrogen-bond donors (Lipinski definition) is 2. The van der Waals surface area contributed by atoms with Gasteiger partial charge in [-0.2, -0.15) is 0 Å². The van der Waals surface area contributed by atoms with Gasteiger partial charge in [-0.15, -0.1) is 0 Å². The van der Waals surface area contributed by atoms with Crippen LogP contribution in [0.2, 0.25) is 0 Å². The van der Waals surface area contributed by atoms with Crippen LogP contribution in [0, 0.1) is 11.8 Å². The second kappa shape index (κ2) is 5.47. The smallest absolute Gasteiger partial charge is 0.211 e. The molecular weight excluding hydrogens is 224 g/mol. The van der Waals surface area contributed by atoms with Crippen molar-refractivity contribution in [3.63, 3.8) is 0 Å². The third-order valence-electron chi connectivity index (χ3n) is 3.43. The summed E-state index contributed by atoms with van der Waals surface area (Å²) in [6, 6.07) is 0. The maximum Gasteiger partial charge on any atom is 0.211 e. The molecule has 2 rings (SSSR count). The molecule has 1 unspecified atom stereocenters. The maximum atomic E-state index is 11.6. The van der Waals surface area contributed by atoms with Crippen molar-refractivity contribution in [2.24, 2.45) is 11.8 Å². The van der Waals surface area contributed by atoms with Crippen LogP contribution in [0.3, 0.4) is 0 Å². The van der Waals surface area contributed by atoms with E-state index in [2.05, 4.69) is 10.0 Å². The van der Waals surface area contributed by atoms with Crippen molar-refractivity contribution in [3.8, 4) is 0 Å². The minimum atomic E-state index is -2.99. The lowest BCUT2D eigenvalue weighted by Gasteiger charge is -2.22. The van der Waals surface area contributed by atoms with Gasteiger partial charge in [-0.05, 0) is 57.0 Å². The zero-order chi connectivity index (χ0) is 11.4. The molecule has 0 aromatic heterocycles. The van der Waals surface area contributed by atoms with E-state index in [0.717, 1.165) is 32.4 Å². The van der Waals surface area contributed by atoms with Gasteiger partial charge in [0.2, 0.25) is 10.0 Å². The molecule has 1 atom stereocenters. The molecule has 1 aliphatic carbocycles. The van der Waals surface area contributed by atoms with Crippen molar-refractivity contribution in [3.05, 3.63) is 0 Å². The van der Waals surface area contributed by atoms with E-state index < -0.39 is 10.0 Å². The van der Waals surface area contributed by atoms with Crippen molar-refractivity contribution in [2.45, 2.75) is 32.1 Å². The van der Waals surface area contributed by atoms with E-state index in [-0.39, 0.29) is 0 Å². The second-order valence-electron chi connectivity index (χ2n) is 5.12. The van der Waals surface area contributed by atoms with Gasteiger partial charge in [0.15, 0.2) is 0 Å². The van der Waals surface area contributed by atoms with Gasteiger partial charge in [-0.3, -0.25) is 0 Å². The molecule has 0 bridgehead atoms. The van der Waals surface area contributed by atoms with Gasteiger partial charge in [-0.25, -0.2) is 13.1 Å². The van der Waals surface area contributed by atoms with Crippen LogP contribution in [0.1, 0.15) is 32.1 Å². The number of nitrogens with one attached hydrogen (secondary N) is 2. The van der Waals surface area contributed by atoms with Crippen LogP contribution in [-0.2, 0) is 10.0 Å². The fourth-order valence-corrected chi connectivity index (χ4v) is 3.74. The van der Waals surface area contributed by atoms with Crippen LogP contribution in [-0.4, -0.2) is 33.8 Å². The normalized spacial score (nSPS) is 26.9. The molecule has 0 aromatic rings. The monoisotopic (exact) mass is 246 g/mol. The van der Waals surface area contributed by atoms with Gasteiger partial charge in [0.1, 0.15) is 0 Å². The van der Waals surface area contributed by atoms with Gasteiger partial charge in [-0.1, -0.05) is 0 Å². The predicted octanol–water partition coefficient (Wildman–Crippen LogP) is 0.706. The van der Waals surface area contributed by atoms with Crippen LogP contribution in [0.4, 0.5) is 0 Å². The van der Waals surface area contributed by atoms with Gasteiger partial charge in [0.05, 0.1) is 5.75 Å². The van der Waals surface area contributed by atoms with Crippen molar-refractivity contribution < 1.29 is 8.42 Å². The quantitative estimate of drug-likeness (QED) is 0.725. The number of piperidine rings is 1. The lowest BCUT2D eigenvalue weighted by atomic mass is 9.96. The van der Waals surface area contributed by atoms with E-state index in [1.807, 2.05) is 0 Å². The van der Waals surface area contributed by atoms with E-state index in [9.17, 15) is 8.42 Å². The van der Waals surface area contributed by atoms with E-state index >= 15 is 0 Å². The molecule has 2 fully saturated rings. The van der Waals surface area contributed by atoms with E-state index in [4.69, 9.17) is 0 Å². The summed E-state index contributed by atoms with van der Waals surface area (Å²) in [5, 5.41) is 3.35. The Morgan fingerprint density at radius 1 is 1.19 bits per heavy atom. The van der Waals surface area contributed by atoms with Crippen molar-refractivity contribution in [1.82, 2.24) is 10.0 Å². The molecule has 1 heterocycles. The first-order chi connectivity index (χ1) is 7.66. The van der Waals surface area contributed by atoms with E-state index in [1.165, 1.54) is 12.8 Å². The largest absolute Gasteiger partial charge is 0.316 e. The zero-order valence-corrected chi connectivity index (χ0v) is 10.6. The molecule has 0 radical (unpaired) electrons. The molecule has 94 valence electrons. The SMILES string of the molecule is O=S(=O)(CC1CC1)NCCC1CCCNC1. The zero-order valence-electron chi connectivity index (χ0n) is 9.74. The highest BCUT2D eigenvalue weighted by Crippen LogP contribution is 2.29. The Labute approximate surface area is 98.2 Å². The van der Waals surface area contributed by atoms with Crippen LogP contribution < -0.4 is 10.0 Å². The molecule has 16 heavy (non-hydrogen) atoms. The fourth-order valence-electron chi connectivity index (χ4n) is 2.24. The van der Waals surface area contributed by atoms with Gasteiger partial charge in [0, 0.05) is 6.54 Å². The summed E-state index contributed by atoms with van der Waals surface area (Å²) in [4.78, 5) is 0. The molecule has 2 aliphatic rings. The lowest BCUT2D eigenvalue weighted by Crippen LogP contribution is -2.34. The number of rotatable bonds is 6. The number of hydrogen-bond acceptors (Lipinski definition) is 3. The van der Waals surface area contributed by atoms with Gasteiger partial charge in [0.25, 0.3) is 0 Å². The standard InChI is InChI=1S/C11H22N2O2S/c14-16(15,9-11-3-4-11)13-7-5-10-2-1-6-12-8-10/h10-13H,1-9H2. The average molecular weight is 246 g/mol. The highest BCUT2D eigenvalue weighted by Gasteiger charge is 2.27. The third-order valence-corrected chi connectivity index (χ3v) is 4.98. The summed E-state index contributed by atoms with van der Waals surface area (Å²) in [5.41, 5.74) is 0. The summed E-state index contributed by atoms with van der Waals surface area (Å²) in [6.45, 7) is 2.77. The number of sulfonamides is 1. The first kappa shape index (κ1) is 12.3. The molecule has 0 amide bonds. The summed E-state index contributed by atoms with van der Waals surface area (Å²) in [6.07, 6.45) is 5.61. The Bertz CT molecular complexity index is 306. The first-order valence-corrected chi connectivity index (χ1v) is 7.99. The Morgan fingerprint density at radius 2 is 2.00 bits per heavy atom. The maximum absolute atomic E-state index is 11.6. The molecule has 1 saturated heterocycles. The molecule has 0 spiro atoms. The molecule has 0 aromatic carbocycles. The molecule has 2 N–H and O–H groups in total. The second-order valence-corrected chi connectivity index (χ2v) is 6.97. The van der Waals surface area contributed by atoms with Crippen LogP contribution in [0.25, 0.3) is 0 Å². The van der Waals surface area contributed by atoms with Gasteiger partial charge < -0.3 is 5.32 Å². The minimum absolute atomic E-state index is 0.343. The van der Waals surface area contributed by atoms with E-state index in [0.29, 0.717) is 24.1 Å².